The van der Waals surface area contributed by atoms with E-state index in [1.807, 2.05) is 13.0 Å². The molecule has 172 valence electrons. The van der Waals surface area contributed by atoms with Gasteiger partial charge in [0.2, 0.25) is 10.0 Å². The summed E-state index contributed by atoms with van der Waals surface area (Å²) in [5, 5.41) is 9.09. The van der Waals surface area contributed by atoms with E-state index in [0.29, 0.717) is 5.75 Å². The first-order chi connectivity index (χ1) is 15.3. The molecule has 2 atom stereocenters. The highest BCUT2D eigenvalue weighted by Gasteiger charge is 2.34. The van der Waals surface area contributed by atoms with Gasteiger partial charge in [-0.05, 0) is 104 Å². The zero-order valence-electron chi connectivity index (χ0n) is 18.1. The molecule has 2 aliphatic rings. The van der Waals surface area contributed by atoms with Crippen LogP contribution in [0.4, 0.5) is 4.39 Å². The maximum Gasteiger partial charge on any atom is 0.341 e. The summed E-state index contributed by atoms with van der Waals surface area (Å²) >= 11 is 0. The number of aryl methyl sites for hydroxylation is 1. The van der Waals surface area contributed by atoms with Crippen molar-refractivity contribution >= 4 is 16.0 Å². The van der Waals surface area contributed by atoms with Gasteiger partial charge >= 0.3 is 5.97 Å². The van der Waals surface area contributed by atoms with Crippen molar-refractivity contribution in [3.05, 3.63) is 58.4 Å². The minimum atomic E-state index is -3.81. The summed E-state index contributed by atoms with van der Waals surface area (Å²) in [6.07, 6.45) is 6.47. The highest BCUT2D eigenvalue weighted by atomic mass is 32.2. The van der Waals surface area contributed by atoms with E-state index in [9.17, 15) is 17.6 Å². The van der Waals surface area contributed by atoms with Crippen molar-refractivity contribution in [1.29, 1.82) is 0 Å². The lowest BCUT2D eigenvalue weighted by Gasteiger charge is -2.36. The van der Waals surface area contributed by atoms with Gasteiger partial charge in [-0.1, -0.05) is 0 Å². The van der Waals surface area contributed by atoms with Crippen LogP contribution < -0.4 is 9.46 Å². The number of fused-ring (bicyclic) bond motifs is 3. The van der Waals surface area contributed by atoms with Gasteiger partial charge in [0.1, 0.15) is 11.6 Å². The van der Waals surface area contributed by atoms with Crippen molar-refractivity contribution in [2.75, 3.05) is 6.61 Å². The molecule has 8 heteroatoms. The summed E-state index contributed by atoms with van der Waals surface area (Å²) in [6, 6.07) is 6.41. The number of sulfonamides is 1. The zero-order chi connectivity index (χ0) is 22.9. The Kier molecular flexibility index (Phi) is 6.53. The van der Waals surface area contributed by atoms with Crippen LogP contribution in [-0.4, -0.2) is 32.1 Å². The quantitative estimate of drug-likeness (QED) is 0.651. The highest BCUT2D eigenvalue weighted by molar-refractivity contribution is 7.89. The van der Waals surface area contributed by atoms with Gasteiger partial charge in [0.05, 0.1) is 4.90 Å². The monoisotopic (exact) mass is 461 g/mol. The molecule has 32 heavy (non-hydrogen) atoms. The van der Waals surface area contributed by atoms with Gasteiger partial charge in [-0.3, -0.25) is 0 Å². The molecule has 0 amide bonds. The second kappa shape index (κ2) is 9.19. The van der Waals surface area contributed by atoms with E-state index in [0.717, 1.165) is 68.2 Å². The molecule has 2 N–H and O–H groups in total. The van der Waals surface area contributed by atoms with Gasteiger partial charge < -0.3 is 9.84 Å². The molecule has 2 aromatic carbocycles. The Bertz CT molecular complexity index is 1110. The number of rotatable bonds is 7. The lowest BCUT2D eigenvalue weighted by atomic mass is 9.73. The van der Waals surface area contributed by atoms with Crippen molar-refractivity contribution in [3.63, 3.8) is 0 Å². The molecule has 0 heterocycles. The SMILES string of the molecule is CC(NS(=O)(=O)c1ccc(F)cc1)C1CCCc2c(OCC(=O)O)cc3c(c21)CCCC3. The van der Waals surface area contributed by atoms with E-state index >= 15 is 0 Å². The fourth-order valence-electron chi connectivity index (χ4n) is 5.08. The first-order valence-electron chi connectivity index (χ1n) is 11.1. The number of benzene rings is 2. The molecule has 0 aliphatic heterocycles. The molecular formula is C24H28FNO5S. The molecule has 0 fully saturated rings. The maximum atomic E-state index is 13.2. The summed E-state index contributed by atoms with van der Waals surface area (Å²) in [4.78, 5) is 11.1. The number of carbonyl (C=O) groups is 1. The minimum Gasteiger partial charge on any atom is -0.482 e. The third kappa shape index (κ3) is 4.66. The summed E-state index contributed by atoms with van der Waals surface area (Å²) < 4.78 is 47.5. The smallest absolute Gasteiger partial charge is 0.341 e. The van der Waals surface area contributed by atoms with Crippen molar-refractivity contribution in [1.82, 2.24) is 4.72 Å². The number of carboxylic acid groups (broad SMARTS) is 1. The maximum absolute atomic E-state index is 13.2. The van der Waals surface area contributed by atoms with E-state index in [1.165, 1.54) is 23.3 Å². The molecule has 0 saturated heterocycles. The predicted molar refractivity (Wildman–Crippen MR) is 118 cm³/mol. The first-order valence-corrected chi connectivity index (χ1v) is 12.5. The lowest BCUT2D eigenvalue weighted by molar-refractivity contribution is -0.139. The molecule has 0 spiro atoms. The standard InChI is InChI=1S/C24H28FNO5S/c1-15(26-32(29,30)18-11-9-17(25)10-12-18)19-7-4-8-21-22(31-14-23(27)28)13-16-5-2-3-6-20(16)24(19)21/h9-13,15,19,26H,2-8,14H2,1H3,(H,27,28). The van der Waals surface area contributed by atoms with Crippen LogP contribution in [-0.2, 0) is 34.1 Å². The van der Waals surface area contributed by atoms with Crippen LogP contribution in [0.3, 0.4) is 0 Å². The second-order valence-electron chi connectivity index (χ2n) is 8.66. The van der Waals surface area contributed by atoms with Crippen molar-refractivity contribution < 1.29 is 27.4 Å². The number of halogens is 1. The Morgan fingerprint density at radius 3 is 2.56 bits per heavy atom. The van der Waals surface area contributed by atoms with E-state index in [1.54, 1.807) is 0 Å². The Balaban J connectivity index is 1.69. The lowest BCUT2D eigenvalue weighted by Crippen LogP contribution is -2.39. The largest absolute Gasteiger partial charge is 0.482 e. The van der Waals surface area contributed by atoms with Crippen LogP contribution in [0.15, 0.2) is 35.2 Å². The Labute approximate surface area is 187 Å². The summed E-state index contributed by atoms with van der Waals surface area (Å²) in [5.74, 6) is -0.946. The van der Waals surface area contributed by atoms with Gasteiger partial charge in [-0.15, -0.1) is 0 Å². The molecule has 4 rings (SSSR count). The third-order valence-corrected chi connectivity index (χ3v) is 8.07. The zero-order valence-corrected chi connectivity index (χ0v) is 18.9. The summed E-state index contributed by atoms with van der Waals surface area (Å²) in [6.45, 7) is 1.46. The molecular weight excluding hydrogens is 433 g/mol. The topological polar surface area (TPSA) is 92.7 Å². The van der Waals surface area contributed by atoms with Gasteiger partial charge in [-0.2, -0.15) is 0 Å². The number of aliphatic carboxylic acids is 1. The van der Waals surface area contributed by atoms with Gasteiger partial charge in [0, 0.05) is 12.0 Å². The van der Waals surface area contributed by atoms with E-state index in [4.69, 9.17) is 9.84 Å². The third-order valence-electron chi connectivity index (χ3n) is 6.50. The highest BCUT2D eigenvalue weighted by Crippen LogP contribution is 2.44. The second-order valence-corrected chi connectivity index (χ2v) is 10.4. The molecule has 2 aromatic rings. The Hall–Kier alpha value is -2.45. The first kappa shape index (κ1) is 22.7. The average Bonchev–Trinajstić information content (AvgIpc) is 2.77. The molecule has 6 nitrogen and oxygen atoms in total. The minimum absolute atomic E-state index is 0.0300. The van der Waals surface area contributed by atoms with Crippen LogP contribution >= 0.6 is 0 Å². The predicted octanol–water partition coefficient (Wildman–Crippen LogP) is 3.95. The van der Waals surface area contributed by atoms with E-state index < -0.39 is 28.4 Å². The van der Waals surface area contributed by atoms with Gasteiger partial charge in [0.25, 0.3) is 0 Å². The van der Waals surface area contributed by atoms with Crippen molar-refractivity contribution in [2.24, 2.45) is 0 Å². The van der Waals surface area contributed by atoms with Crippen LogP contribution in [0, 0.1) is 5.82 Å². The fraction of sp³-hybridized carbons (Fsp3) is 0.458. The van der Waals surface area contributed by atoms with Crippen molar-refractivity contribution in [3.8, 4) is 5.75 Å². The molecule has 0 saturated carbocycles. The number of hydrogen-bond acceptors (Lipinski definition) is 4. The van der Waals surface area contributed by atoms with Crippen LogP contribution in [0.25, 0.3) is 0 Å². The Morgan fingerprint density at radius 2 is 1.84 bits per heavy atom. The van der Waals surface area contributed by atoms with Gasteiger partial charge in [0.15, 0.2) is 6.61 Å². The average molecular weight is 462 g/mol. The summed E-state index contributed by atoms with van der Waals surface area (Å²) in [5.41, 5.74) is 4.58. The normalized spacial score (nSPS) is 19.0. The number of ether oxygens (including phenoxy) is 1. The molecule has 2 aliphatic carbocycles. The Morgan fingerprint density at radius 1 is 1.16 bits per heavy atom. The van der Waals surface area contributed by atoms with Gasteiger partial charge in [-0.25, -0.2) is 22.3 Å². The van der Waals surface area contributed by atoms with E-state index in [-0.39, 0.29) is 16.9 Å². The molecule has 2 unspecified atom stereocenters. The van der Waals surface area contributed by atoms with Crippen LogP contribution in [0.2, 0.25) is 0 Å². The molecule has 0 bridgehead atoms. The fourth-order valence-corrected chi connectivity index (χ4v) is 6.37. The van der Waals surface area contributed by atoms with Crippen molar-refractivity contribution in [2.45, 2.75) is 68.7 Å². The molecule has 0 aromatic heterocycles. The number of nitrogens with one attached hydrogen (secondary N) is 1. The molecule has 0 radical (unpaired) electrons. The van der Waals surface area contributed by atoms with Crippen LogP contribution in [0.5, 0.6) is 5.75 Å². The number of hydrogen-bond donors (Lipinski definition) is 2. The number of carboxylic acids is 1. The van der Waals surface area contributed by atoms with Crippen LogP contribution in [0.1, 0.15) is 60.8 Å². The summed E-state index contributed by atoms with van der Waals surface area (Å²) in [7, 11) is -3.81. The van der Waals surface area contributed by atoms with E-state index in [2.05, 4.69) is 4.72 Å².